The maximum absolute atomic E-state index is 6.16. The first-order valence-electron chi connectivity index (χ1n) is 6.67. The van der Waals surface area contributed by atoms with Gasteiger partial charge in [0.05, 0.1) is 0 Å². The van der Waals surface area contributed by atoms with E-state index in [1.165, 1.54) is 16.0 Å². The monoisotopic (exact) mass is 282 g/mol. The van der Waals surface area contributed by atoms with Crippen molar-refractivity contribution in [2.75, 3.05) is 12.8 Å². The number of benzene rings is 2. The van der Waals surface area contributed by atoms with Gasteiger partial charge in [-0.05, 0) is 24.1 Å². The second-order valence-electron chi connectivity index (χ2n) is 5.13. The molecule has 0 fully saturated rings. The van der Waals surface area contributed by atoms with E-state index in [1.807, 2.05) is 17.8 Å². The molecule has 0 radical (unpaired) electrons. The average Bonchev–Trinajstić information content (AvgIpc) is 2.81. The highest BCUT2D eigenvalue weighted by atomic mass is 32.2. The van der Waals surface area contributed by atoms with E-state index in [2.05, 4.69) is 67.5 Å². The molecule has 1 heterocycles. The van der Waals surface area contributed by atoms with Gasteiger partial charge in [-0.15, -0.1) is 0 Å². The van der Waals surface area contributed by atoms with Crippen molar-refractivity contribution in [1.29, 1.82) is 0 Å². The van der Waals surface area contributed by atoms with Crippen LogP contribution in [0.1, 0.15) is 22.1 Å². The number of hydrogen-bond donors (Lipinski definition) is 1. The molecule has 1 unspecified atom stereocenters. The summed E-state index contributed by atoms with van der Waals surface area (Å²) in [7, 11) is 2.11. The molecule has 0 saturated heterocycles. The molecule has 1 atom stereocenters. The first-order valence-corrected chi connectivity index (χ1v) is 7.55. The van der Waals surface area contributed by atoms with E-state index in [-0.39, 0.29) is 0 Å². The van der Waals surface area contributed by atoms with Gasteiger partial charge < -0.3 is 10.6 Å². The number of nitrogens with zero attached hydrogens (tertiary/aromatic N) is 1. The molecule has 2 N–H and O–H groups in total. The van der Waals surface area contributed by atoms with Crippen molar-refractivity contribution in [3.63, 3.8) is 0 Å². The summed E-state index contributed by atoms with van der Waals surface area (Å²) in [6, 6.07) is 16.8. The van der Waals surface area contributed by atoms with E-state index in [0.717, 1.165) is 11.3 Å². The second kappa shape index (κ2) is 5.25. The quantitative estimate of drug-likeness (QED) is 0.835. The number of hydrogen-bond acceptors (Lipinski definition) is 3. The van der Waals surface area contributed by atoms with Crippen molar-refractivity contribution < 1.29 is 0 Å². The second-order valence-corrected chi connectivity index (χ2v) is 6.25. The van der Waals surface area contributed by atoms with E-state index >= 15 is 0 Å². The zero-order valence-electron chi connectivity index (χ0n) is 11.7. The van der Waals surface area contributed by atoms with Crippen LogP contribution in [0.4, 0.5) is 5.69 Å². The number of nitrogens with two attached hydrogens (primary N) is 1. The van der Waals surface area contributed by atoms with E-state index in [9.17, 15) is 0 Å². The lowest BCUT2D eigenvalue weighted by Gasteiger charge is -2.19. The van der Waals surface area contributed by atoms with E-state index in [4.69, 9.17) is 5.73 Å². The molecule has 0 spiro atoms. The number of aryl methyl sites for hydroxylation is 1. The van der Waals surface area contributed by atoms with Crippen molar-refractivity contribution in [2.45, 2.75) is 12.3 Å². The standard InChI is InChI=1S/C17H18N2S/c1-12-8-9-14(15(18)10-12)16-11-19(2)17(20-16)13-6-4-3-5-7-13/h3-11,17H,18H2,1-2H3. The van der Waals surface area contributed by atoms with Gasteiger partial charge in [-0.3, -0.25) is 0 Å². The molecule has 1 aliphatic heterocycles. The van der Waals surface area contributed by atoms with Crippen LogP contribution in [0.25, 0.3) is 4.91 Å². The average molecular weight is 282 g/mol. The van der Waals surface area contributed by atoms with Crippen molar-refractivity contribution in [2.24, 2.45) is 0 Å². The predicted octanol–water partition coefficient (Wildman–Crippen LogP) is 4.25. The van der Waals surface area contributed by atoms with Crippen LogP contribution >= 0.6 is 11.8 Å². The highest BCUT2D eigenvalue weighted by molar-refractivity contribution is 8.08. The van der Waals surface area contributed by atoms with Gasteiger partial charge in [-0.2, -0.15) is 0 Å². The molecule has 0 amide bonds. The predicted molar refractivity (Wildman–Crippen MR) is 88.1 cm³/mol. The van der Waals surface area contributed by atoms with Crippen molar-refractivity contribution in [3.05, 3.63) is 71.4 Å². The summed E-state index contributed by atoms with van der Waals surface area (Å²) in [6.07, 6.45) is 2.18. The Hall–Kier alpha value is -1.87. The van der Waals surface area contributed by atoms with Gasteiger partial charge in [0.15, 0.2) is 0 Å². The molecule has 20 heavy (non-hydrogen) atoms. The van der Waals surface area contributed by atoms with Gasteiger partial charge in [0, 0.05) is 29.4 Å². The fourth-order valence-electron chi connectivity index (χ4n) is 2.45. The number of nitrogen functional groups attached to an aromatic ring is 1. The maximum atomic E-state index is 6.16. The van der Waals surface area contributed by atoms with Crippen LogP contribution in [0.15, 0.2) is 54.7 Å². The normalized spacial score (nSPS) is 18.2. The largest absolute Gasteiger partial charge is 0.398 e. The Morgan fingerprint density at radius 3 is 2.55 bits per heavy atom. The van der Waals surface area contributed by atoms with E-state index in [0.29, 0.717) is 5.37 Å². The van der Waals surface area contributed by atoms with Gasteiger partial charge in [-0.25, -0.2) is 0 Å². The SMILES string of the molecule is Cc1ccc(C2=CN(C)C(c3ccccc3)S2)c(N)c1. The summed E-state index contributed by atoms with van der Waals surface area (Å²) in [6.45, 7) is 2.06. The molecule has 0 aliphatic carbocycles. The number of anilines is 1. The summed E-state index contributed by atoms with van der Waals surface area (Å²) >= 11 is 1.85. The Kier molecular flexibility index (Phi) is 3.45. The molecule has 2 aromatic rings. The molecule has 0 aromatic heterocycles. The fourth-order valence-corrected chi connectivity index (χ4v) is 3.75. The molecule has 0 saturated carbocycles. The molecule has 0 bridgehead atoms. The Bertz CT molecular complexity index is 649. The summed E-state index contributed by atoms with van der Waals surface area (Å²) in [4.78, 5) is 3.48. The van der Waals surface area contributed by atoms with E-state index in [1.54, 1.807) is 0 Å². The van der Waals surface area contributed by atoms with Crippen LogP contribution in [-0.2, 0) is 0 Å². The lowest BCUT2D eigenvalue weighted by atomic mass is 10.1. The van der Waals surface area contributed by atoms with Crippen LogP contribution in [0.5, 0.6) is 0 Å². The number of thioether (sulfide) groups is 1. The van der Waals surface area contributed by atoms with Gasteiger partial charge in [0.1, 0.15) is 5.37 Å². The zero-order valence-corrected chi connectivity index (χ0v) is 12.5. The molecule has 2 nitrogen and oxygen atoms in total. The summed E-state index contributed by atoms with van der Waals surface area (Å²) in [5.74, 6) is 0. The zero-order chi connectivity index (χ0) is 14.1. The van der Waals surface area contributed by atoms with Gasteiger partial charge in [-0.1, -0.05) is 54.2 Å². The first kappa shape index (κ1) is 13.1. The van der Waals surface area contributed by atoms with Crippen LogP contribution < -0.4 is 5.73 Å². The Morgan fingerprint density at radius 2 is 1.85 bits per heavy atom. The van der Waals surface area contributed by atoms with Crippen LogP contribution in [0.2, 0.25) is 0 Å². The lowest BCUT2D eigenvalue weighted by molar-refractivity contribution is 0.449. The van der Waals surface area contributed by atoms with Crippen LogP contribution in [0.3, 0.4) is 0 Å². The molecule has 1 aliphatic rings. The summed E-state index contributed by atoms with van der Waals surface area (Å²) in [5, 5.41) is 0.326. The first-order chi connectivity index (χ1) is 9.65. The minimum absolute atomic E-state index is 0.326. The maximum Gasteiger partial charge on any atom is 0.104 e. The molecule has 2 aromatic carbocycles. The molecule has 3 heteroatoms. The highest BCUT2D eigenvalue weighted by Gasteiger charge is 2.25. The smallest absolute Gasteiger partial charge is 0.104 e. The molecular formula is C17H18N2S. The van der Waals surface area contributed by atoms with Crippen LogP contribution in [0, 0.1) is 6.92 Å². The molecular weight excluding hydrogens is 264 g/mol. The third kappa shape index (κ3) is 2.41. The third-order valence-corrected chi connectivity index (χ3v) is 4.89. The Labute approximate surface area is 124 Å². The summed E-state index contributed by atoms with van der Waals surface area (Å²) in [5.41, 5.74) is 10.7. The molecule has 102 valence electrons. The minimum Gasteiger partial charge on any atom is -0.398 e. The van der Waals surface area contributed by atoms with E-state index < -0.39 is 0 Å². The van der Waals surface area contributed by atoms with Crippen molar-refractivity contribution in [3.8, 4) is 0 Å². The summed E-state index contributed by atoms with van der Waals surface area (Å²) < 4.78 is 0. The van der Waals surface area contributed by atoms with Crippen LogP contribution in [-0.4, -0.2) is 11.9 Å². The highest BCUT2D eigenvalue weighted by Crippen LogP contribution is 2.48. The Balaban J connectivity index is 1.89. The Morgan fingerprint density at radius 1 is 1.10 bits per heavy atom. The minimum atomic E-state index is 0.326. The fraction of sp³-hybridized carbons (Fsp3) is 0.176. The van der Waals surface area contributed by atoms with Gasteiger partial charge in [0.2, 0.25) is 0 Å². The van der Waals surface area contributed by atoms with Crippen molar-refractivity contribution in [1.82, 2.24) is 4.90 Å². The van der Waals surface area contributed by atoms with Gasteiger partial charge >= 0.3 is 0 Å². The lowest BCUT2D eigenvalue weighted by Crippen LogP contribution is -2.11. The van der Waals surface area contributed by atoms with Gasteiger partial charge in [0.25, 0.3) is 0 Å². The van der Waals surface area contributed by atoms with Crippen molar-refractivity contribution >= 4 is 22.4 Å². The topological polar surface area (TPSA) is 29.3 Å². The molecule has 3 rings (SSSR count). The number of rotatable bonds is 2. The third-order valence-electron chi connectivity index (χ3n) is 3.49.